The smallest absolute Gasteiger partial charge is 0.266 e. The molecule has 0 bridgehead atoms. The average molecular weight is 639 g/mol. The third-order valence-corrected chi connectivity index (χ3v) is 8.86. The van der Waals surface area contributed by atoms with Gasteiger partial charge in [0.25, 0.3) is 11.5 Å². The number of carbonyl (C=O) groups is 1. The Morgan fingerprint density at radius 1 is 0.809 bits per heavy atom. The summed E-state index contributed by atoms with van der Waals surface area (Å²) >= 11 is 0. The number of aliphatic imine (C=N–C) groups is 1. The molecule has 1 aromatic heterocycles. The van der Waals surface area contributed by atoms with E-state index in [0.717, 1.165) is 69.3 Å². The highest BCUT2D eigenvalue weighted by molar-refractivity contribution is 6.03. The molecule has 0 unspecified atom stereocenters. The summed E-state index contributed by atoms with van der Waals surface area (Å²) in [6, 6.07) is 16.5. The Morgan fingerprint density at radius 3 is 2.28 bits per heavy atom. The van der Waals surface area contributed by atoms with Crippen molar-refractivity contribution in [3.05, 3.63) is 76.3 Å². The van der Waals surface area contributed by atoms with E-state index in [0.29, 0.717) is 58.4 Å². The van der Waals surface area contributed by atoms with Crippen LogP contribution in [0.3, 0.4) is 0 Å². The average Bonchev–Trinajstić information content (AvgIpc) is 3.52. The van der Waals surface area contributed by atoms with Gasteiger partial charge in [-0.15, -0.1) is 0 Å². The van der Waals surface area contributed by atoms with Crippen molar-refractivity contribution in [1.82, 2.24) is 14.5 Å². The van der Waals surface area contributed by atoms with E-state index in [1.54, 1.807) is 30.9 Å². The molecule has 0 spiro atoms. The summed E-state index contributed by atoms with van der Waals surface area (Å²) in [6.07, 6.45) is 10.0. The molecule has 47 heavy (non-hydrogen) atoms. The number of rotatable bonds is 14. The molecule has 0 saturated carbocycles. The molecular weight excluding hydrogens is 596 g/mol. The molecule has 10 nitrogen and oxygen atoms in total. The fourth-order valence-electron chi connectivity index (χ4n) is 6.30. The Hall–Kier alpha value is -4.86. The number of hydrogen-bond acceptors (Lipinski definition) is 8. The van der Waals surface area contributed by atoms with Gasteiger partial charge in [0.1, 0.15) is 17.3 Å². The van der Waals surface area contributed by atoms with Gasteiger partial charge >= 0.3 is 0 Å². The van der Waals surface area contributed by atoms with Crippen LogP contribution >= 0.6 is 0 Å². The van der Waals surface area contributed by atoms with Gasteiger partial charge in [-0.3, -0.25) is 19.1 Å². The van der Waals surface area contributed by atoms with Crippen LogP contribution < -0.4 is 24.5 Å². The molecule has 3 aromatic carbocycles. The summed E-state index contributed by atoms with van der Waals surface area (Å²) in [5.74, 6) is 3.21. The minimum absolute atomic E-state index is 0.00920. The fourth-order valence-corrected chi connectivity index (χ4v) is 6.30. The molecule has 1 saturated heterocycles. The van der Waals surface area contributed by atoms with Crippen molar-refractivity contribution in [2.75, 3.05) is 34.0 Å². The first-order chi connectivity index (χ1) is 23.0. The van der Waals surface area contributed by atoms with Crippen LogP contribution in [0.25, 0.3) is 16.6 Å². The highest BCUT2D eigenvalue weighted by atomic mass is 16.5. The van der Waals surface area contributed by atoms with Crippen molar-refractivity contribution in [3.63, 3.8) is 0 Å². The van der Waals surface area contributed by atoms with Crippen molar-refractivity contribution in [2.45, 2.75) is 64.3 Å². The van der Waals surface area contributed by atoms with E-state index < -0.39 is 0 Å². The van der Waals surface area contributed by atoms with Crippen LogP contribution in [0.15, 0.2) is 64.4 Å². The zero-order valence-corrected chi connectivity index (χ0v) is 27.4. The maximum Gasteiger partial charge on any atom is 0.266 e. The van der Waals surface area contributed by atoms with Crippen molar-refractivity contribution < 1.29 is 23.7 Å². The summed E-state index contributed by atoms with van der Waals surface area (Å²) in [4.78, 5) is 37.6. The molecule has 4 aromatic rings. The second-order valence-electron chi connectivity index (χ2n) is 12.0. The lowest BCUT2D eigenvalue weighted by molar-refractivity contribution is 0.0774. The fraction of sp³-hybridized carbons (Fsp3) is 0.405. The third kappa shape index (κ3) is 7.11. The molecule has 2 aliphatic rings. The minimum atomic E-state index is -0.128. The van der Waals surface area contributed by atoms with Gasteiger partial charge in [-0.05, 0) is 81.1 Å². The van der Waals surface area contributed by atoms with Crippen molar-refractivity contribution in [3.8, 4) is 28.7 Å². The molecular formula is C37H42N4O6. The quantitative estimate of drug-likeness (QED) is 0.140. The number of methoxy groups -OCH3 is 2. The summed E-state index contributed by atoms with van der Waals surface area (Å²) in [5.41, 5.74) is 2.47. The van der Waals surface area contributed by atoms with Crippen LogP contribution in [0.4, 0.5) is 5.69 Å². The number of benzene rings is 3. The number of hydrogen-bond donors (Lipinski definition) is 0. The first-order valence-corrected chi connectivity index (χ1v) is 16.5. The maximum atomic E-state index is 13.4. The predicted octanol–water partition coefficient (Wildman–Crippen LogP) is 6.83. The lowest BCUT2D eigenvalue weighted by Crippen LogP contribution is -2.35. The Kier molecular flexibility index (Phi) is 10.0. The first-order valence-electron chi connectivity index (χ1n) is 16.5. The Balaban J connectivity index is 0.930. The summed E-state index contributed by atoms with van der Waals surface area (Å²) in [5, 5.41) is 0.524. The molecule has 246 valence electrons. The van der Waals surface area contributed by atoms with E-state index in [1.165, 1.54) is 0 Å². The lowest BCUT2D eigenvalue weighted by atomic mass is 10.1. The van der Waals surface area contributed by atoms with E-state index in [-0.39, 0.29) is 17.5 Å². The molecule has 0 radical (unpaired) electrons. The first kappa shape index (κ1) is 32.1. The molecule has 10 heteroatoms. The van der Waals surface area contributed by atoms with Crippen LogP contribution in [-0.4, -0.2) is 66.6 Å². The normalized spacial score (nSPS) is 15.3. The van der Waals surface area contributed by atoms with E-state index >= 15 is 0 Å². The zero-order valence-electron chi connectivity index (χ0n) is 27.4. The monoisotopic (exact) mass is 638 g/mol. The van der Waals surface area contributed by atoms with Crippen LogP contribution in [0.2, 0.25) is 0 Å². The molecule has 1 amide bonds. The molecule has 0 N–H and O–H groups in total. The minimum Gasteiger partial charge on any atom is -0.497 e. The number of aromatic nitrogens is 2. The van der Waals surface area contributed by atoms with Gasteiger partial charge in [-0.25, -0.2) is 4.98 Å². The third-order valence-electron chi connectivity index (χ3n) is 8.86. The molecule has 0 aliphatic carbocycles. The molecule has 3 heterocycles. The SMILES string of the molecule is COc1ccc(-n2c(C)nc3ccc(OCCCCCCCCOc4cc5c(cc4OC)C(=O)N4CCC[C@H]4C=N5)cc3c2=O)cc1. The number of fused-ring (bicyclic) bond motifs is 3. The molecule has 1 atom stereocenters. The number of nitrogens with zero attached hydrogens (tertiary/aromatic N) is 4. The second kappa shape index (κ2) is 14.7. The standard InChI is InChI=1S/C37H42N4O6/c1-25-39-32-17-16-29(21-30(32)37(43)41(25)26-12-14-28(44-2)15-13-26)46-19-8-6-4-5-7-9-20-47-35-23-33-31(22-34(35)45-3)36(42)40-18-10-11-27(40)24-38-33/h12-17,21-24,27H,4-11,18-20H2,1-3H3/t27-/m0/s1. The summed E-state index contributed by atoms with van der Waals surface area (Å²) < 4.78 is 24.5. The highest BCUT2D eigenvalue weighted by Crippen LogP contribution is 2.38. The highest BCUT2D eigenvalue weighted by Gasteiger charge is 2.32. The second-order valence-corrected chi connectivity index (χ2v) is 12.0. The Morgan fingerprint density at radius 2 is 1.53 bits per heavy atom. The van der Waals surface area contributed by atoms with Crippen LogP contribution in [-0.2, 0) is 0 Å². The van der Waals surface area contributed by atoms with E-state index in [2.05, 4.69) is 9.98 Å². The van der Waals surface area contributed by atoms with Gasteiger partial charge in [-0.2, -0.15) is 0 Å². The molecule has 1 fully saturated rings. The number of ether oxygens (including phenoxy) is 4. The van der Waals surface area contributed by atoms with Crippen molar-refractivity contribution in [1.29, 1.82) is 0 Å². The van der Waals surface area contributed by atoms with Crippen LogP contribution in [0.1, 0.15) is 67.5 Å². The molecule has 2 aliphatic heterocycles. The van der Waals surface area contributed by atoms with Gasteiger partial charge in [0.15, 0.2) is 11.5 Å². The van der Waals surface area contributed by atoms with Gasteiger partial charge < -0.3 is 23.8 Å². The number of aryl methyl sites for hydroxylation is 1. The number of unbranched alkanes of at least 4 members (excludes halogenated alkanes) is 5. The topological polar surface area (TPSA) is 104 Å². The summed E-state index contributed by atoms with van der Waals surface area (Å²) in [6.45, 7) is 3.75. The summed E-state index contributed by atoms with van der Waals surface area (Å²) in [7, 11) is 3.21. The van der Waals surface area contributed by atoms with Gasteiger partial charge in [0.05, 0.1) is 61.3 Å². The van der Waals surface area contributed by atoms with E-state index in [9.17, 15) is 9.59 Å². The van der Waals surface area contributed by atoms with E-state index in [1.807, 2.05) is 60.5 Å². The maximum absolute atomic E-state index is 13.4. The Bertz CT molecular complexity index is 1820. The van der Waals surface area contributed by atoms with Crippen molar-refractivity contribution >= 4 is 28.7 Å². The van der Waals surface area contributed by atoms with Gasteiger partial charge in [0, 0.05) is 18.8 Å². The number of carbonyl (C=O) groups excluding carboxylic acids is 1. The van der Waals surface area contributed by atoms with Crippen LogP contribution in [0.5, 0.6) is 23.0 Å². The largest absolute Gasteiger partial charge is 0.497 e. The lowest BCUT2D eigenvalue weighted by Gasteiger charge is -2.20. The zero-order chi connectivity index (χ0) is 32.8. The van der Waals surface area contributed by atoms with Gasteiger partial charge in [-0.1, -0.05) is 25.7 Å². The van der Waals surface area contributed by atoms with Gasteiger partial charge in [0.2, 0.25) is 0 Å². The molecule has 6 rings (SSSR count). The van der Waals surface area contributed by atoms with Crippen LogP contribution in [0, 0.1) is 6.92 Å². The predicted molar refractivity (Wildman–Crippen MR) is 183 cm³/mol. The Labute approximate surface area is 275 Å². The van der Waals surface area contributed by atoms with E-state index in [4.69, 9.17) is 18.9 Å². The number of amides is 1. The van der Waals surface area contributed by atoms with Crippen molar-refractivity contribution in [2.24, 2.45) is 4.99 Å².